The SMILES string of the molecule is CC(C)[C@H](NC(=O)c1ccccc1F)C(=O)Nc1ccc(N2CCOCC2)cc1. The average molecular weight is 399 g/mol. The first kappa shape index (κ1) is 20.8. The van der Waals surface area contributed by atoms with E-state index in [1.165, 1.54) is 18.2 Å². The molecule has 1 saturated heterocycles. The summed E-state index contributed by atoms with van der Waals surface area (Å²) in [4.78, 5) is 27.4. The summed E-state index contributed by atoms with van der Waals surface area (Å²) in [5.74, 6) is -1.74. The zero-order chi connectivity index (χ0) is 20.8. The molecular weight excluding hydrogens is 373 g/mol. The van der Waals surface area contributed by atoms with E-state index in [1.54, 1.807) is 6.07 Å². The Labute approximate surface area is 170 Å². The minimum atomic E-state index is -0.791. The number of nitrogens with one attached hydrogen (secondary N) is 2. The van der Waals surface area contributed by atoms with Crippen molar-refractivity contribution in [2.45, 2.75) is 19.9 Å². The second kappa shape index (κ2) is 9.52. The maximum Gasteiger partial charge on any atom is 0.254 e. The monoisotopic (exact) mass is 399 g/mol. The van der Waals surface area contributed by atoms with Gasteiger partial charge in [-0.3, -0.25) is 9.59 Å². The molecule has 1 heterocycles. The molecule has 0 spiro atoms. The van der Waals surface area contributed by atoms with Crippen LogP contribution in [0, 0.1) is 11.7 Å². The quantitative estimate of drug-likeness (QED) is 0.783. The Balaban J connectivity index is 1.65. The van der Waals surface area contributed by atoms with E-state index >= 15 is 0 Å². The predicted octanol–water partition coefficient (Wildman–Crippen LogP) is 3.06. The fourth-order valence-electron chi connectivity index (χ4n) is 3.20. The summed E-state index contributed by atoms with van der Waals surface area (Å²) in [5.41, 5.74) is 1.62. The van der Waals surface area contributed by atoms with Gasteiger partial charge in [0.05, 0.1) is 18.8 Å². The Morgan fingerprint density at radius 3 is 2.31 bits per heavy atom. The van der Waals surface area contributed by atoms with Crippen molar-refractivity contribution in [1.82, 2.24) is 5.32 Å². The number of hydrogen-bond acceptors (Lipinski definition) is 4. The van der Waals surface area contributed by atoms with Gasteiger partial charge in [0.2, 0.25) is 5.91 Å². The average Bonchev–Trinajstić information content (AvgIpc) is 2.73. The third-order valence-corrected chi connectivity index (χ3v) is 4.87. The summed E-state index contributed by atoms with van der Waals surface area (Å²) in [6.07, 6.45) is 0. The number of carbonyl (C=O) groups excluding carboxylic acids is 2. The van der Waals surface area contributed by atoms with Crippen molar-refractivity contribution in [2.75, 3.05) is 36.5 Å². The van der Waals surface area contributed by atoms with Crippen molar-refractivity contribution in [1.29, 1.82) is 0 Å². The van der Waals surface area contributed by atoms with Gasteiger partial charge in [-0.1, -0.05) is 26.0 Å². The van der Waals surface area contributed by atoms with Crippen LogP contribution in [0.5, 0.6) is 0 Å². The van der Waals surface area contributed by atoms with Gasteiger partial charge in [0.1, 0.15) is 11.9 Å². The molecular formula is C22H26FN3O3. The van der Waals surface area contributed by atoms with E-state index in [0.717, 1.165) is 18.8 Å². The van der Waals surface area contributed by atoms with Crippen LogP contribution in [0.15, 0.2) is 48.5 Å². The second-order valence-electron chi connectivity index (χ2n) is 7.31. The Morgan fingerprint density at radius 1 is 1.03 bits per heavy atom. The number of halogens is 1. The number of morpholine rings is 1. The zero-order valence-corrected chi connectivity index (χ0v) is 16.7. The van der Waals surface area contributed by atoms with E-state index in [-0.39, 0.29) is 17.4 Å². The van der Waals surface area contributed by atoms with Gasteiger partial charge in [0, 0.05) is 24.5 Å². The van der Waals surface area contributed by atoms with Crippen LogP contribution in [0.1, 0.15) is 24.2 Å². The number of nitrogens with zero attached hydrogens (tertiary/aromatic N) is 1. The zero-order valence-electron chi connectivity index (χ0n) is 16.7. The van der Waals surface area contributed by atoms with Gasteiger partial charge in [-0.15, -0.1) is 0 Å². The Kier molecular flexibility index (Phi) is 6.82. The molecule has 0 radical (unpaired) electrons. The van der Waals surface area contributed by atoms with E-state index < -0.39 is 17.8 Å². The lowest BCUT2D eigenvalue weighted by atomic mass is 10.0. The van der Waals surface area contributed by atoms with E-state index in [0.29, 0.717) is 18.9 Å². The van der Waals surface area contributed by atoms with Gasteiger partial charge < -0.3 is 20.3 Å². The number of carbonyl (C=O) groups is 2. The Hall–Kier alpha value is -2.93. The van der Waals surface area contributed by atoms with Crippen LogP contribution in [0.4, 0.5) is 15.8 Å². The molecule has 0 unspecified atom stereocenters. The minimum absolute atomic E-state index is 0.0826. The molecule has 2 amide bonds. The molecule has 2 N–H and O–H groups in total. The van der Waals surface area contributed by atoms with Gasteiger partial charge in [-0.05, 0) is 42.3 Å². The van der Waals surface area contributed by atoms with Crippen LogP contribution < -0.4 is 15.5 Å². The summed E-state index contributed by atoms with van der Waals surface area (Å²) in [6, 6.07) is 12.5. The second-order valence-corrected chi connectivity index (χ2v) is 7.31. The summed E-state index contributed by atoms with van der Waals surface area (Å²) in [7, 11) is 0. The van der Waals surface area contributed by atoms with Crippen molar-refractivity contribution >= 4 is 23.2 Å². The van der Waals surface area contributed by atoms with Gasteiger partial charge in [0.15, 0.2) is 0 Å². The van der Waals surface area contributed by atoms with Gasteiger partial charge >= 0.3 is 0 Å². The molecule has 2 aromatic carbocycles. The summed E-state index contributed by atoms with van der Waals surface area (Å²) < 4.78 is 19.2. The first-order valence-electron chi connectivity index (χ1n) is 9.74. The normalized spacial score (nSPS) is 15.1. The molecule has 1 aliphatic heterocycles. The first-order chi connectivity index (χ1) is 14.0. The molecule has 1 fully saturated rings. The maximum absolute atomic E-state index is 13.9. The third-order valence-electron chi connectivity index (χ3n) is 4.87. The van der Waals surface area contributed by atoms with Crippen molar-refractivity contribution in [3.63, 3.8) is 0 Å². The summed E-state index contributed by atoms with van der Waals surface area (Å²) in [6.45, 7) is 6.74. The molecule has 0 bridgehead atoms. The fraction of sp³-hybridized carbons (Fsp3) is 0.364. The highest BCUT2D eigenvalue weighted by Gasteiger charge is 2.26. The highest BCUT2D eigenvalue weighted by molar-refractivity contribution is 6.01. The standard InChI is InChI=1S/C22H26FN3O3/c1-15(2)20(25-21(27)18-5-3-4-6-19(18)23)22(28)24-16-7-9-17(10-8-16)26-11-13-29-14-12-26/h3-10,15,20H,11-14H2,1-2H3,(H,24,28)(H,25,27)/t20-/m0/s1. The lowest BCUT2D eigenvalue weighted by Gasteiger charge is -2.29. The van der Waals surface area contributed by atoms with Gasteiger partial charge in [-0.25, -0.2) is 4.39 Å². The molecule has 154 valence electrons. The Morgan fingerprint density at radius 2 is 1.69 bits per heavy atom. The fourth-order valence-corrected chi connectivity index (χ4v) is 3.20. The van der Waals surface area contributed by atoms with Crippen molar-refractivity contribution in [2.24, 2.45) is 5.92 Å². The van der Waals surface area contributed by atoms with Crippen LogP contribution in [0.3, 0.4) is 0 Å². The first-order valence-corrected chi connectivity index (χ1v) is 9.74. The third kappa shape index (κ3) is 5.32. The topological polar surface area (TPSA) is 70.7 Å². The molecule has 1 atom stereocenters. The number of rotatable bonds is 6. The van der Waals surface area contributed by atoms with E-state index in [2.05, 4.69) is 15.5 Å². The highest BCUT2D eigenvalue weighted by atomic mass is 19.1. The summed E-state index contributed by atoms with van der Waals surface area (Å²) >= 11 is 0. The van der Waals surface area contributed by atoms with E-state index in [9.17, 15) is 14.0 Å². The molecule has 2 aromatic rings. The lowest BCUT2D eigenvalue weighted by molar-refractivity contribution is -0.118. The number of anilines is 2. The number of hydrogen-bond donors (Lipinski definition) is 2. The molecule has 1 aliphatic rings. The lowest BCUT2D eigenvalue weighted by Crippen LogP contribution is -2.47. The molecule has 6 nitrogen and oxygen atoms in total. The molecule has 7 heteroatoms. The van der Waals surface area contributed by atoms with Crippen molar-refractivity contribution in [3.8, 4) is 0 Å². The van der Waals surface area contributed by atoms with Crippen LogP contribution >= 0.6 is 0 Å². The molecule has 0 saturated carbocycles. The number of amides is 2. The minimum Gasteiger partial charge on any atom is -0.378 e. The Bertz CT molecular complexity index is 849. The van der Waals surface area contributed by atoms with Crippen LogP contribution in [0.25, 0.3) is 0 Å². The predicted molar refractivity (Wildman–Crippen MR) is 111 cm³/mol. The number of ether oxygens (including phenoxy) is 1. The van der Waals surface area contributed by atoms with Gasteiger partial charge in [-0.2, -0.15) is 0 Å². The highest BCUT2D eigenvalue weighted by Crippen LogP contribution is 2.19. The number of benzene rings is 2. The molecule has 0 aromatic heterocycles. The van der Waals surface area contributed by atoms with Crippen LogP contribution in [-0.4, -0.2) is 44.2 Å². The largest absolute Gasteiger partial charge is 0.378 e. The van der Waals surface area contributed by atoms with E-state index in [1.807, 2.05) is 38.1 Å². The molecule has 0 aliphatic carbocycles. The van der Waals surface area contributed by atoms with Crippen LogP contribution in [0.2, 0.25) is 0 Å². The molecule has 3 rings (SSSR count). The summed E-state index contributed by atoms with van der Waals surface area (Å²) in [5, 5.41) is 5.48. The van der Waals surface area contributed by atoms with E-state index in [4.69, 9.17) is 4.74 Å². The van der Waals surface area contributed by atoms with Crippen LogP contribution in [-0.2, 0) is 9.53 Å². The van der Waals surface area contributed by atoms with Crippen molar-refractivity contribution < 1.29 is 18.7 Å². The van der Waals surface area contributed by atoms with Crippen molar-refractivity contribution in [3.05, 3.63) is 59.9 Å². The smallest absolute Gasteiger partial charge is 0.254 e. The molecule has 29 heavy (non-hydrogen) atoms. The maximum atomic E-state index is 13.9. The van der Waals surface area contributed by atoms with Gasteiger partial charge in [0.25, 0.3) is 5.91 Å².